The van der Waals surface area contributed by atoms with Crippen LogP contribution in [0.15, 0.2) is 67.0 Å². The van der Waals surface area contributed by atoms with Crippen LogP contribution in [0, 0.1) is 28.6 Å². The van der Waals surface area contributed by atoms with Crippen LogP contribution < -0.4 is 0 Å². The van der Waals surface area contributed by atoms with Crippen molar-refractivity contribution in [3.8, 4) is 0 Å². The lowest BCUT2D eigenvalue weighted by atomic mass is 9.48. The van der Waals surface area contributed by atoms with Crippen LogP contribution in [0.4, 0.5) is 4.79 Å². The maximum atomic E-state index is 12.5. The second kappa shape index (κ2) is 7.92. The van der Waals surface area contributed by atoms with E-state index < -0.39 is 0 Å². The first kappa shape index (κ1) is 22.1. The highest BCUT2D eigenvalue weighted by Crippen LogP contribution is 2.65. The zero-order valence-corrected chi connectivity index (χ0v) is 21.1. The molecule has 0 amide bonds. The Bertz CT molecular complexity index is 1380. The first-order valence-electron chi connectivity index (χ1n) is 13.5. The molecule has 0 saturated heterocycles. The van der Waals surface area contributed by atoms with Gasteiger partial charge < -0.3 is 9.30 Å². The molecule has 3 unspecified atom stereocenters. The summed E-state index contributed by atoms with van der Waals surface area (Å²) in [4.78, 5) is 21.1. The monoisotopic (exact) mass is 482 g/mol. The fraction of sp³-hybridized carbons (Fsp3) is 0.500. The number of hydrogen-bond acceptors (Lipinski definition) is 4. The predicted molar refractivity (Wildman–Crippen MR) is 139 cm³/mol. The Morgan fingerprint density at radius 1 is 1.03 bits per heavy atom. The molecule has 0 aliphatic heterocycles. The van der Waals surface area contributed by atoms with Gasteiger partial charge in [-0.25, -0.2) is 19.3 Å². The topological polar surface area (TPSA) is 61.9 Å². The first-order chi connectivity index (χ1) is 17.5. The standard InChI is InChI=1S/C30H34N4O2/c1-29-13-11-21(36-28(35)33-16-15-31-18-33)17-20(29)7-8-22-23-9-10-27(30(23,2)14-12-24(22)29)34-19-32-25-5-3-4-6-26(25)34/h3-7,10,15-16,18-19,21-24H,8-9,11-14,17H2,1-2H3/t21-,22?,23?,24?,29-,30-/m0/s1. The largest absolute Gasteiger partial charge is 0.445 e. The van der Waals surface area contributed by atoms with Crippen LogP contribution in [-0.2, 0) is 4.74 Å². The maximum absolute atomic E-state index is 12.5. The number of aromatic nitrogens is 4. The Morgan fingerprint density at radius 3 is 2.75 bits per heavy atom. The second-order valence-electron chi connectivity index (χ2n) is 11.9. The highest BCUT2D eigenvalue weighted by molar-refractivity contribution is 5.80. The smallest absolute Gasteiger partial charge is 0.419 e. The van der Waals surface area contributed by atoms with Gasteiger partial charge in [-0.15, -0.1) is 0 Å². The number of ether oxygens (including phenoxy) is 1. The van der Waals surface area contributed by atoms with E-state index in [-0.39, 0.29) is 23.0 Å². The van der Waals surface area contributed by atoms with Crippen LogP contribution in [0.5, 0.6) is 0 Å². The second-order valence-corrected chi connectivity index (χ2v) is 11.9. The van der Waals surface area contributed by atoms with Crippen molar-refractivity contribution in [3.05, 3.63) is 67.0 Å². The van der Waals surface area contributed by atoms with Crippen molar-refractivity contribution in [2.24, 2.45) is 28.6 Å². The third-order valence-electron chi connectivity index (χ3n) is 10.3. The summed E-state index contributed by atoms with van der Waals surface area (Å²) >= 11 is 0. The number of benzene rings is 1. The fourth-order valence-corrected chi connectivity index (χ4v) is 8.37. The summed E-state index contributed by atoms with van der Waals surface area (Å²) < 4.78 is 9.66. The van der Waals surface area contributed by atoms with E-state index in [1.807, 2.05) is 6.33 Å². The Hall–Kier alpha value is -3.15. The molecule has 3 aromatic rings. The summed E-state index contributed by atoms with van der Waals surface area (Å²) in [5.74, 6) is 2.07. The molecule has 1 aromatic carbocycles. The van der Waals surface area contributed by atoms with E-state index in [0.29, 0.717) is 17.8 Å². The van der Waals surface area contributed by atoms with Crippen molar-refractivity contribution < 1.29 is 9.53 Å². The van der Waals surface area contributed by atoms with Crippen molar-refractivity contribution in [2.75, 3.05) is 0 Å². The van der Waals surface area contributed by atoms with Crippen molar-refractivity contribution >= 4 is 22.8 Å². The summed E-state index contributed by atoms with van der Waals surface area (Å²) in [6, 6.07) is 8.48. The summed E-state index contributed by atoms with van der Waals surface area (Å²) in [6.45, 7) is 5.01. The lowest BCUT2D eigenvalue weighted by Crippen LogP contribution is -2.50. The number of carbonyl (C=O) groups excluding carboxylic acids is 1. The van der Waals surface area contributed by atoms with E-state index in [0.717, 1.165) is 37.6 Å². The highest BCUT2D eigenvalue weighted by atomic mass is 16.6. The molecule has 6 heteroatoms. The maximum Gasteiger partial charge on any atom is 0.419 e. The van der Waals surface area contributed by atoms with Gasteiger partial charge in [0.15, 0.2) is 0 Å². The zero-order valence-electron chi connectivity index (χ0n) is 21.1. The van der Waals surface area contributed by atoms with Gasteiger partial charge in [0.2, 0.25) is 0 Å². The van der Waals surface area contributed by atoms with Crippen molar-refractivity contribution in [2.45, 2.75) is 64.9 Å². The van der Waals surface area contributed by atoms with Crippen LogP contribution in [0.25, 0.3) is 16.7 Å². The molecule has 2 heterocycles. The molecular formula is C30H34N4O2. The molecule has 2 aromatic heterocycles. The molecule has 36 heavy (non-hydrogen) atoms. The van der Waals surface area contributed by atoms with Gasteiger partial charge in [0.1, 0.15) is 18.8 Å². The quantitative estimate of drug-likeness (QED) is 0.381. The molecule has 0 bridgehead atoms. The molecule has 0 radical (unpaired) electrons. The van der Waals surface area contributed by atoms with Crippen molar-refractivity contribution in [3.63, 3.8) is 0 Å². The zero-order chi connectivity index (χ0) is 24.5. The SMILES string of the molecule is C[C@]12CC[C@H](OC(=O)n3ccnc3)CC1=CCC1C2CC[C@]2(C)C(n3cnc4ccccc43)=CCC12. The van der Waals surface area contributed by atoms with Crippen LogP contribution in [0.1, 0.15) is 58.8 Å². The minimum Gasteiger partial charge on any atom is -0.445 e. The minimum atomic E-state index is -0.319. The summed E-state index contributed by atoms with van der Waals surface area (Å²) in [7, 11) is 0. The number of fused-ring (bicyclic) bond motifs is 6. The number of rotatable bonds is 2. The molecule has 4 aliphatic rings. The summed E-state index contributed by atoms with van der Waals surface area (Å²) in [5, 5.41) is 0. The summed E-state index contributed by atoms with van der Waals surface area (Å²) in [5.41, 5.74) is 5.66. The Kier molecular flexibility index (Phi) is 4.86. The van der Waals surface area contributed by atoms with E-state index in [9.17, 15) is 4.79 Å². The number of para-hydroxylation sites is 2. The van der Waals surface area contributed by atoms with E-state index >= 15 is 0 Å². The van der Waals surface area contributed by atoms with Gasteiger partial charge in [0.25, 0.3) is 0 Å². The van der Waals surface area contributed by atoms with Crippen LogP contribution in [0.2, 0.25) is 0 Å². The molecule has 4 aliphatic carbocycles. The lowest BCUT2D eigenvalue weighted by molar-refractivity contribution is -0.0271. The average Bonchev–Trinajstić information content (AvgIpc) is 3.62. The van der Waals surface area contributed by atoms with Crippen molar-refractivity contribution in [1.82, 2.24) is 19.1 Å². The average molecular weight is 483 g/mol. The Labute approximate surface area is 212 Å². The van der Waals surface area contributed by atoms with E-state index in [4.69, 9.17) is 9.72 Å². The van der Waals surface area contributed by atoms with Gasteiger partial charge in [-0.2, -0.15) is 0 Å². The van der Waals surface area contributed by atoms with Gasteiger partial charge in [0.05, 0.1) is 11.0 Å². The summed E-state index contributed by atoms with van der Waals surface area (Å²) in [6.07, 6.45) is 19.1. The Morgan fingerprint density at radius 2 is 1.89 bits per heavy atom. The fourth-order valence-electron chi connectivity index (χ4n) is 8.37. The Balaban J connectivity index is 1.13. The molecule has 6 atom stereocenters. The van der Waals surface area contributed by atoms with Crippen LogP contribution in [0.3, 0.4) is 0 Å². The first-order valence-corrected chi connectivity index (χ1v) is 13.5. The molecule has 0 spiro atoms. The molecule has 0 N–H and O–H groups in total. The van der Waals surface area contributed by atoms with Gasteiger partial charge in [-0.1, -0.05) is 43.7 Å². The number of carbonyl (C=O) groups is 1. The van der Waals surface area contributed by atoms with Gasteiger partial charge in [-0.05, 0) is 73.8 Å². The molecule has 186 valence electrons. The third-order valence-corrected chi connectivity index (χ3v) is 10.3. The molecule has 2 saturated carbocycles. The number of hydrogen-bond donors (Lipinski definition) is 0. The minimum absolute atomic E-state index is 0.0427. The number of allylic oxidation sites excluding steroid dienone is 3. The molecule has 2 fully saturated rings. The molecule has 7 rings (SSSR count). The van der Waals surface area contributed by atoms with Gasteiger partial charge in [-0.3, -0.25) is 0 Å². The highest BCUT2D eigenvalue weighted by Gasteiger charge is 2.57. The third kappa shape index (κ3) is 3.12. The number of nitrogens with zero attached hydrogens (tertiary/aromatic N) is 4. The van der Waals surface area contributed by atoms with E-state index in [2.05, 4.69) is 59.8 Å². The normalized spacial score (nSPS) is 35.4. The van der Waals surface area contributed by atoms with E-state index in [1.165, 1.54) is 40.5 Å². The molecule has 6 nitrogen and oxygen atoms in total. The lowest BCUT2D eigenvalue weighted by Gasteiger charge is -2.57. The molecular weight excluding hydrogens is 448 g/mol. The van der Waals surface area contributed by atoms with Crippen LogP contribution in [-0.4, -0.2) is 31.3 Å². The predicted octanol–water partition coefficient (Wildman–Crippen LogP) is 6.70. The van der Waals surface area contributed by atoms with Gasteiger partial charge >= 0.3 is 6.09 Å². The van der Waals surface area contributed by atoms with Crippen molar-refractivity contribution in [1.29, 1.82) is 0 Å². The number of imidazole rings is 2. The van der Waals surface area contributed by atoms with Crippen LogP contribution >= 0.6 is 0 Å². The van der Waals surface area contributed by atoms with Gasteiger partial charge in [0, 0.05) is 29.9 Å². The van der Waals surface area contributed by atoms with E-state index in [1.54, 1.807) is 12.4 Å².